The molecule has 26 heavy (non-hydrogen) atoms. The van der Waals surface area contributed by atoms with E-state index in [9.17, 15) is 4.79 Å². The van der Waals surface area contributed by atoms with E-state index in [4.69, 9.17) is 0 Å². The number of hydrogen-bond donors (Lipinski definition) is 0. The predicted octanol–water partition coefficient (Wildman–Crippen LogP) is 3.10. The second kappa shape index (κ2) is 7.20. The molecule has 2 saturated heterocycles. The van der Waals surface area contributed by atoms with Crippen molar-refractivity contribution in [2.75, 3.05) is 26.7 Å². The van der Waals surface area contributed by atoms with Gasteiger partial charge in [-0.3, -0.25) is 14.7 Å². The summed E-state index contributed by atoms with van der Waals surface area (Å²) >= 11 is 0. The van der Waals surface area contributed by atoms with Crippen molar-refractivity contribution < 1.29 is 4.79 Å². The molecule has 1 unspecified atom stereocenters. The lowest BCUT2D eigenvalue weighted by Crippen LogP contribution is -2.52. The topological polar surface area (TPSA) is 36.4 Å². The molecule has 136 valence electrons. The maximum Gasteiger partial charge on any atom is 0.226 e. The standard InChI is InChI=1S/C22H27N3O/c1-24-17-20(19-5-3-2-4-6-19)16-22(24)9-13-25(14-10-22)21(26)15-18-7-11-23-12-8-18/h2-8,11-12,20H,9-10,13-17H2,1H3. The van der Waals surface area contributed by atoms with Crippen molar-refractivity contribution in [2.45, 2.75) is 37.1 Å². The Hall–Kier alpha value is -2.20. The molecule has 3 heterocycles. The zero-order chi connectivity index (χ0) is 18.0. The SMILES string of the molecule is CN1CC(c2ccccc2)CC12CCN(C(=O)Cc1ccncc1)CC2. The fourth-order valence-corrected chi connectivity index (χ4v) is 4.70. The zero-order valence-electron chi connectivity index (χ0n) is 15.5. The third kappa shape index (κ3) is 3.38. The highest BCUT2D eigenvalue weighted by Crippen LogP contribution is 2.43. The first-order chi connectivity index (χ1) is 12.7. The molecule has 1 spiro atoms. The summed E-state index contributed by atoms with van der Waals surface area (Å²) in [7, 11) is 2.26. The quantitative estimate of drug-likeness (QED) is 0.854. The summed E-state index contributed by atoms with van der Waals surface area (Å²) < 4.78 is 0. The maximum absolute atomic E-state index is 12.6. The molecule has 4 rings (SSSR count). The summed E-state index contributed by atoms with van der Waals surface area (Å²) in [4.78, 5) is 21.3. The third-order valence-corrected chi connectivity index (χ3v) is 6.35. The summed E-state index contributed by atoms with van der Waals surface area (Å²) in [6.07, 6.45) is 7.36. The Labute approximate surface area is 155 Å². The normalized spacial score (nSPS) is 22.7. The van der Waals surface area contributed by atoms with Gasteiger partial charge in [0.25, 0.3) is 0 Å². The van der Waals surface area contributed by atoms with E-state index < -0.39 is 0 Å². The summed E-state index contributed by atoms with van der Waals surface area (Å²) in [5, 5.41) is 0. The zero-order valence-corrected chi connectivity index (χ0v) is 15.5. The van der Waals surface area contributed by atoms with Gasteiger partial charge >= 0.3 is 0 Å². The number of likely N-dealkylation sites (tertiary alicyclic amines) is 2. The van der Waals surface area contributed by atoms with Crippen LogP contribution >= 0.6 is 0 Å². The lowest BCUT2D eigenvalue weighted by molar-refractivity contribution is -0.132. The van der Waals surface area contributed by atoms with E-state index in [0.29, 0.717) is 12.3 Å². The third-order valence-electron chi connectivity index (χ3n) is 6.35. The maximum atomic E-state index is 12.6. The van der Waals surface area contributed by atoms with Crippen LogP contribution < -0.4 is 0 Å². The molecule has 1 amide bonds. The van der Waals surface area contributed by atoms with Crippen LogP contribution in [0.1, 0.15) is 36.3 Å². The van der Waals surface area contributed by atoms with Crippen LogP contribution in [0.2, 0.25) is 0 Å². The molecule has 2 aliphatic rings. The first-order valence-corrected chi connectivity index (χ1v) is 9.59. The van der Waals surface area contributed by atoms with Gasteiger partial charge in [-0.25, -0.2) is 0 Å². The van der Waals surface area contributed by atoms with Crippen LogP contribution in [-0.4, -0.2) is 52.9 Å². The Kier molecular flexibility index (Phi) is 4.77. The lowest BCUT2D eigenvalue weighted by atomic mass is 9.81. The largest absolute Gasteiger partial charge is 0.342 e. The molecule has 0 N–H and O–H groups in total. The molecule has 0 aliphatic carbocycles. The van der Waals surface area contributed by atoms with Gasteiger partial charge in [-0.15, -0.1) is 0 Å². The highest BCUT2D eigenvalue weighted by Gasteiger charge is 2.46. The van der Waals surface area contributed by atoms with Crippen LogP contribution in [0.15, 0.2) is 54.9 Å². The van der Waals surface area contributed by atoms with Gasteiger partial charge in [-0.2, -0.15) is 0 Å². The van der Waals surface area contributed by atoms with Crippen molar-refractivity contribution in [3.8, 4) is 0 Å². The van der Waals surface area contributed by atoms with Crippen molar-refractivity contribution in [1.82, 2.24) is 14.8 Å². The number of likely N-dealkylation sites (N-methyl/N-ethyl adjacent to an activating group) is 1. The summed E-state index contributed by atoms with van der Waals surface area (Å²) in [5.74, 6) is 0.853. The van der Waals surface area contributed by atoms with Gasteiger partial charge in [-0.1, -0.05) is 30.3 Å². The number of benzene rings is 1. The van der Waals surface area contributed by atoms with E-state index in [0.717, 1.165) is 38.0 Å². The van der Waals surface area contributed by atoms with Gasteiger partial charge in [0.05, 0.1) is 6.42 Å². The van der Waals surface area contributed by atoms with Crippen LogP contribution in [0.4, 0.5) is 0 Å². The number of rotatable bonds is 3. The van der Waals surface area contributed by atoms with Crippen molar-refractivity contribution >= 4 is 5.91 Å². The molecular formula is C22H27N3O. The number of amides is 1. The smallest absolute Gasteiger partial charge is 0.226 e. The molecule has 4 nitrogen and oxygen atoms in total. The van der Waals surface area contributed by atoms with Crippen LogP contribution in [0.5, 0.6) is 0 Å². The van der Waals surface area contributed by atoms with Gasteiger partial charge in [0, 0.05) is 37.6 Å². The van der Waals surface area contributed by atoms with Crippen LogP contribution in [-0.2, 0) is 11.2 Å². The fourth-order valence-electron chi connectivity index (χ4n) is 4.70. The molecule has 2 aromatic rings. The number of nitrogens with zero attached hydrogens (tertiary/aromatic N) is 3. The highest BCUT2D eigenvalue weighted by atomic mass is 16.2. The van der Waals surface area contributed by atoms with Crippen molar-refractivity contribution in [3.05, 3.63) is 66.0 Å². The number of carbonyl (C=O) groups excluding carboxylic acids is 1. The first kappa shape index (κ1) is 17.2. The molecule has 0 bridgehead atoms. The fraction of sp³-hybridized carbons (Fsp3) is 0.455. The Morgan fingerprint density at radius 2 is 1.81 bits per heavy atom. The molecule has 0 saturated carbocycles. The van der Waals surface area contributed by atoms with Gasteiger partial charge in [0.1, 0.15) is 0 Å². The average Bonchev–Trinajstić information content (AvgIpc) is 3.00. The number of carbonyl (C=O) groups is 1. The Morgan fingerprint density at radius 3 is 2.50 bits per heavy atom. The highest BCUT2D eigenvalue weighted by molar-refractivity contribution is 5.78. The van der Waals surface area contributed by atoms with Gasteiger partial charge in [0.2, 0.25) is 5.91 Å². The van der Waals surface area contributed by atoms with Crippen molar-refractivity contribution in [1.29, 1.82) is 0 Å². The Balaban J connectivity index is 1.37. The molecule has 1 aromatic heterocycles. The molecule has 2 aliphatic heterocycles. The van der Waals surface area contributed by atoms with E-state index in [-0.39, 0.29) is 11.4 Å². The summed E-state index contributed by atoms with van der Waals surface area (Å²) in [6.45, 7) is 2.86. The number of piperidine rings is 1. The lowest BCUT2D eigenvalue weighted by Gasteiger charge is -2.43. The van der Waals surface area contributed by atoms with Crippen LogP contribution in [0.3, 0.4) is 0 Å². The number of hydrogen-bond acceptors (Lipinski definition) is 3. The van der Waals surface area contributed by atoms with E-state index in [1.54, 1.807) is 12.4 Å². The minimum Gasteiger partial charge on any atom is -0.342 e. The van der Waals surface area contributed by atoms with Gasteiger partial charge < -0.3 is 4.90 Å². The van der Waals surface area contributed by atoms with E-state index in [1.807, 2.05) is 12.1 Å². The number of pyridine rings is 1. The minimum atomic E-state index is 0.242. The second-order valence-electron chi connectivity index (χ2n) is 7.83. The van der Waals surface area contributed by atoms with Gasteiger partial charge in [0.15, 0.2) is 0 Å². The monoisotopic (exact) mass is 349 g/mol. The number of aromatic nitrogens is 1. The van der Waals surface area contributed by atoms with Crippen molar-refractivity contribution in [3.63, 3.8) is 0 Å². The Bertz CT molecular complexity index is 738. The molecule has 1 aromatic carbocycles. The molecule has 4 heteroatoms. The Morgan fingerprint density at radius 1 is 1.12 bits per heavy atom. The molecule has 2 fully saturated rings. The van der Waals surface area contributed by atoms with E-state index in [2.05, 4.69) is 52.2 Å². The van der Waals surface area contributed by atoms with E-state index in [1.165, 1.54) is 12.0 Å². The summed E-state index contributed by atoms with van der Waals surface area (Å²) in [6, 6.07) is 14.7. The molecular weight excluding hydrogens is 322 g/mol. The van der Waals surface area contributed by atoms with Crippen LogP contribution in [0.25, 0.3) is 0 Å². The first-order valence-electron chi connectivity index (χ1n) is 9.59. The molecule has 0 radical (unpaired) electrons. The molecule has 1 atom stereocenters. The minimum absolute atomic E-state index is 0.242. The van der Waals surface area contributed by atoms with Crippen molar-refractivity contribution in [2.24, 2.45) is 0 Å². The van der Waals surface area contributed by atoms with Crippen LogP contribution in [0, 0.1) is 0 Å². The van der Waals surface area contributed by atoms with E-state index >= 15 is 0 Å². The average molecular weight is 349 g/mol. The second-order valence-corrected chi connectivity index (χ2v) is 7.83. The predicted molar refractivity (Wildman–Crippen MR) is 103 cm³/mol. The van der Waals surface area contributed by atoms with Gasteiger partial charge in [-0.05, 0) is 55.5 Å². The summed E-state index contributed by atoms with van der Waals surface area (Å²) in [5.41, 5.74) is 2.76.